The standard InChI is InChI=1S/C16H21IN6O2Si/c1-26(2,3)8-7-25-11-22-10-13(14(17)21-22)20-16(24)12-9-19-23-6-4-5-18-15(12)23/h4-6,9-10H,7-8,11H2,1-3H3,(H,20,24). The first-order valence-corrected chi connectivity index (χ1v) is 13.0. The SMILES string of the molecule is C[Si](C)(C)CCOCn1cc(NC(=O)c2cnn3cccnc23)c(I)n1. The van der Waals surface area contributed by atoms with Crippen molar-refractivity contribution in [3.8, 4) is 0 Å². The van der Waals surface area contributed by atoms with Crippen LogP contribution < -0.4 is 5.32 Å². The molecule has 8 nitrogen and oxygen atoms in total. The van der Waals surface area contributed by atoms with Gasteiger partial charge in [0.25, 0.3) is 5.91 Å². The fourth-order valence-electron chi connectivity index (χ4n) is 2.26. The Bertz CT molecular complexity index is 917. The molecule has 10 heteroatoms. The van der Waals surface area contributed by atoms with Crippen molar-refractivity contribution in [3.63, 3.8) is 0 Å². The van der Waals surface area contributed by atoms with Gasteiger partial charge >= 0.3 is 0 Å². The van der Waals surface area contributed by atoms with Crippen LogP contribution in [0.2, 0.25) is 25.7 Å². The molecule has 0 atom stereocenters. The molecule has 0 aliphatic carbocycles. The Morgan fingerprint density at radius 1 is 1.38 bits per heavy atom. The molecule has 0 radical (unpaired) electrons. The third-order valence-electron chi connectivity index (χ3n) is 3.71. The summed E-state index contributed by atoms with van der Waals surface area (Å²) in [6, 6.07) is 2.87. The van der Waals surface area contributed by atoms with E-state index in [1.807, 2.05) is 0 Å². The minimum Gasteiger partial charge on any atom is -0.360 e. The molecule has 0 aliphatic heterocycles. The van der Waals surface area contributed by atoms with E-state index in [2.05, 4.69) is 62.7 Å². The minimum atomic E-state index is -1.10. The molecule has 0 fully saturated rings. The van der Waals surface area contributed by atoms with Gasteiger partial charge in [0.2, 0.25) is 0 Å². The van der Waals surface area contributed by atoms with E-state index < -0.39 is 8.07 Å². The molecule has 0 saturated carbocycles. The van der Waals surface area contributed by atoms with Crippen LogP contribution in [0, 0.1) is 3.70 Å². The van der Waals surface area contributed by atoms with Gasteiger partial charge in [-0.15, -0.1) is 0 Å². The van der Waals surface area contributed by atoms with Crippen LogP contribution in [0.4, 0.5) is 5.69 Å². The quantitative estimate of drug-likeness (QED) is 0.317. The number of carbonyl (C=O) groups is 1. The molecule has 1 amide bonds. The number of nitrogens with one attached hydrogen (secondary N) is 1. The molecule has 0 aliphatic rings. The van der Waals surface area contributed by atoms with Gasteiger partial charge < -0.3 is 10.1 Å². The van der Waals surface area contributed by atoms with Gasteiger partial charge in [0.15, 0.2) is 5.65 Å². The number of halogens is 1. The third kappa shape index (κ3) is 4.68. The van der Waals surface area contributed by atoms with E-state index in [0.717, 1.165) is 12.7 Å². The number of rotatable bonds is 7. The van der Waals surface area contributed by atoms with Crippen LogP contribution in [0.3, 0.4) is 0 Å². The van der Waals surface area contributed by atoms with Gasteiger partial charge in [-0.05, 0) is 34.7 Å². The van der Waals surface area contributed by atoms with Gasteiger partial charge in [-0.2, -0.15) is 10.2 Å². The Hall–Kier alpha value is -1.79. The average molecular weight is 484 g/mol. The fraction of sp³-hybridized carbons (Fsp3) is 0.375. The molecule has 1 N–H and O–H groups in total. The van der Waals surface area contributed by atoms with Crippen LogP contribution in [-0.4, -0.2) is 45.0 Å². The maximum Gasteiger partial charge on any atom is 0.261 e. The van der Waals surface area contributed by atoms with Crippen molar-refractivity contribution in [3.05, 3.63) is 40.1 Å². The fourth-order valence-corrected chi connectivity index (χ4v) is 3.57. The molecule has 3 rings (SSSR count). The zero-order chi connectivity index (χ0) is 18.7. The highest BCUT2D eigenvalue weighted by Gasteiger charge is 2.17. The molecule has 3 aromatic rings. The minimum absolute atomic E-state index is 0.268. The van der Waals surface area contributed by atoms with E-state index in [4.69, 9.17) is 4.74 Å². The average Bonchev–Trinajstić information content (AvgIpc) is 3.15. The van der Waals surface area contributed by atoms with E-state index >= 15 is 0 Å². The highest BCUT2D eigenvalue weighted by molar-refractivity contribution is 14.1. The van der Waals surface area contributed by atoms with Gasteiger partial charge in [0, 0.05) is 27.1 Å². The largest absolute Gasteiger partial charge is 0.360 e. The first-order chi connectivity index (χ1) is 12.3. The van der Waals surface area contributed by atoms with E-state index in [0.29, 0.717) is 27.3 Å². The van der Waals surface area contributed by atoms with E-state index in [1.54, 1.807) is 33.9 Å². The summed E-state index contributed by atoms with van der Waals surface area (Å²) in [4.78, 5) is 16.8. The number of anilines is 1. The topological polar surface area (TPSA) is 86.3 Å². The molecule has 0 saturated heterocycles. The number of hydrogen-bond donors (Lipinski definition) is 1. The number of fused-ring (bicyclic) bond motifs is 1. The van der Waals surface area contributed by atoms with Gasteiger partial charge in [-0.3, -0.25) is 4.79 Å². The summed E-state index contributed by atoms with van der Waals surface area (Å²) >= 11 is 2.09. The van der Waals surface area contributed by atoms with Crippen molar-refractivity contribution in [2.24, 2.45) is 0 Å². The van der Waals surface area contributed by atoms with Gasteiger partial charge in [-0.25, -0.2) is 14.2 Å². The Labute approximate surface area is 166 Å². The molecule has 26 heavy (non-hydrogen) atoms. The number of hydrogen-bond acceptors (Lipinski definition) is 5. The Morgan fingerprint density at radius 2 is 2.19 bits per heavy atom. The molecule has 3 heterocycles. The second kappa shape index (κ2) is 7.84. The maximum atomic E-state index is 12.5. The number of aromatic nitrogens is 5. The molecular formula is C16H21IN6O2Si. The first kappa shape index (κ1) is 19.0. The summed E-state index contributed by atoms with van der Waals surface area (Å²) in [5, 5.41) is 11.4. The monoisotopic (exact) mass is 484 g/mol. The maximum absolute atomic E-state index is 12.5. The van der Waals surface area contributed by atoms with Crippen LogP contribution in [0.15, 0.2) is 30.9 Å². The summed E-state index contributed by atoms with van der Waals surface area (Å²) in [6.07, 6.45) is 6.66. The number of amides is 1. The highest BCUT2D eigenvalue weighted by atomic mass is 127. The summed E-state index contributed by atoms with van der Waals surface area (Å²) in [5.41, 5.74) is 1.57. The summed E-state index contributed by atoms with van der Waals surface area (Å²) in [5.74, 6) is -0.268. The lowest BCUT2D eigenvalue weighted by Gasteiger charge is -2.15. The number of carbonyl (C=O) groups excluding carboxylic acids is 1. The normalized spacial score (nSPS) is 11.8. The van der Waals surface area contributed by atoms with Crippen molar-refractivity contribution in [2.45, 2.75) is 32.4 Å². The van der Waals surface area contributed by atoms with Crippen molar-refractivity contribution >= 4 is 47.9 Å². The second-order valence-corrected chi connectivity index (χ2v) is 13.8. The van der Waals surface area contributed by atoms with E-state index in [9.17, 15) is 4.79 Å². The van der Waals surface area contributed by atoms with Crippen molar-refractivity contribution in [1.29, 1.82) is 0 Å². The Kier molecular flexibility index (Phi) is 5.72. The third-order valence-corrected chi connectivity index (χ3v) is 6.21. The molecule has 0 aromatic carbocycles. The Balaban J connectivity index is 1.63. The molecular weight excluding hydrogens is 463 g/mol. The lowest BCUT2D eigenvalue weighted by atomic mass is 10.3. The van der Waals surface area contributed by atoms with Crippen molar-refractivity contribution < 1.29 is 9.53 Å². The lowest BCUT2D eigenvalue weighted by molar-refractivity contribution is 0.0783. The van der Waals surface area contributed by atoms with Crippen molar-refractivity contribution in [1.82, 2.24) is 24.4 Å². The van der Waals surface area contributed by atoms with E-state index in [-0.39, 0.29) is 5.91 Å². The van der Waals surface area contributed by atoms with Crippen molar-refractivity contribution in [2.75, 3.05) is 11.9 Å². The zero-order valence-corrected chi connectivity index (χ0v) is 18.1. The summed E-state index contributed by atoms with van der Waals surface area (Å²) in [7, 11) is -1.10. The highest BCUT2D eigenvalue weighted by Crippen LogP contribution is 2.18. The zero-order valence-electron chi connectivity index (χ0n) is 14.9. The molecule has 3 aromatic heterocycles. The molecule has 0 bridgehead atoms. The predicted octanol–water partition coefficient (Wildman–Crippen LogP) is 3.10. The van der Waals surface area contributed by atoms with Gasteiger partial charge in [0.1, 0.15) is 16.0 Å². The van der Waals surface area contributed by atoms with Crippen LogP contribution in [-0.2, 0) is 11.5 Å². The Morgan fingerprint density at radius 3 is 2.96 bits per heavy atom. The van der Waals surface area contributed by atoms with Crippen LogP contribution in [0.5, 0.6) is 0 Å². The summed E-state index contributed by atoms with van der Waals surface area (Å²) < 4.78 is 9.65. The summed E-state index contributed by atoms with van der Waals surface area (Å²) in [6.45, 7) is 8.04. The van der Waals surface area contributed by atoms with Crippen LogP contribution in [0.25, 0.3) is 5.65 Å². The second-order valence-electron chi connectivity index (χ2n) is 7.12. The van der Waals surface area contributed by atoms with Gasteiger partial charge in [-0.1, -0.05) is 19.6 Å². The van der Waals surface area contributed by atoms with Gasteiger partial charge in [0.05, 0.1) is 18.1 Å². The lowest BCUT2D eigenvalue weighted by Crippen LogP contribution is -2.22. The molecule has 138 valence electrons. The molecule has 0 unspecified atom stereocenters. The smallest absolute Gasteiger partial charge is 0.261 e. The van der Waals surface area contributed by atoms with Crippen LogP contribution in [0.1, 0.15) is 10.4 Å². The van der Waals surface area contributed by atoms with E-state index in [1.165, 1.54) is 6.20 Å². The van der Waals surface area contributed by atoms with Crippen LogP contribution >= 0.6 is 22.6 Å². The number of ether oxygens (including phenoxy) is 1. The predicted molar refractivity (Wildman–Crippen MR) is 110 cm³/mol. The molecule has 0 spiro atoms. The first-order valence-electron chi connectivity index (χ1n) is 8.24. The number of nitrogens with zero attached hydrogens (tertiary/aromatic N) is 5.